The van der Waals surface area contributed by atoms with E-state index in [9.17, 15) is 25.2 Å². The van der Waals surface area contributed by atoms with E-state index in [1.54, 1.807) is 0 Å². The summed E-state index contributed by atoms with van der Waals surface area (Å²) in [5.41, 5.74) is 4.95. The molecule has 0 amide bonds. The Morgan fingerprint density at radius 2 is 1.75 bits per heavy atom. The van der Waals surface area contributed by atoms with Crippen LogP contribution < -0.4 is 11.1 Å². The van der Waals surface area contributed by atoms with E-state index in [0.29, 0.717) is 44.5 Å². The Balaban J connectivity index is 1.13. The smallest absolute Gasteiger partial charge is 0.162 e. The summed E-state index contributed by atoms with van der Waals surface area (Å²) in [6, 6.07) is 10.6. The van der Waals surface area contributed by atoms with Crippen molar-refractivity contribution in [2.24, 2.45) is 51.6 Å². The monoisotopic (exact) mass is 728 g/mol. The van der Waals surface area contributed by atoms with Gasteiger partial charge in [0.1, 0.15) is 12.2 Å². The second kappa shape index (κ2) is 12.5. The fraction of sp³-hybridized carbons (Fsp3) is 0.711. The highest BCUT2D eigenvalue weighted by Crippen LogP contribution is 2.75. The summed E-state index contributed by atoms with van der Waals surface area (Å²) in [7, 11) is 0. The maximum Gasteiger partial charge on any atom is 0.162 e. The number of allylic oxidation sites excluding steroid dienone is 3. The van der Waals surface area contributed by atoms with Gasteiger partial charge in [-0.1, -0.05) is 64.1 Å². The lowest BCUT2D eigenvalue weighted by molar-refractivity contribution is -0.177. The van der Waals surface area contributed by atoms with Crippen LogP contribution in [0, 0.1) is 45.8 Å². The van der Waals surface area contributed by atoms with Gasteiger partial charge in [0.25, 0.3) is 0 Å². The predicted octanol–water partition coefficient (Wildman–Crippen LogP) is 5.87. The van der Waals surface area contributed by atoms with Gasteiger partial charge in [0.2, 0.25) is 0 Å². The Bertz CT molecular complexity index is 1730. The molecule has 2 aliphatic heterocycles. The number of fused-ring (bicyclic) bond motifs is 2. The Hall–Kier alpha value is -2.49. The van der Waals surface area contributed by atoms with E-state index < -0.39 is 45.9 Å². The molecule has 5 aliphatic carbocycles. The molecule has 53 heavy (non-hydrogen) atoms. The van der Waals surface area contributed by atoms with Crippen LogP contribution in [0.15, 0.2) is 65.0 Å². The van der Waals surface area contributed by atoms with Crippen molar-refractivity contribution in [3.63, 3.8) is 0 Å². The van der Waals surface area contributed by atoms with Gasteiger partial charge in [-0.15, -0.1) is 0 Å². The summed E-state index contributed by atoms with van der Waals surface area (Å²) in [5.74, 6) is 0.444. The van der Waals surface area contributed by atoms with Gasteiger partial charge in [-0.25, -0.2) is 0 Å². The number of nitrogens with one attached hydrogen (secondary N) is 1. The molecule has 13 atom stereocenters. The molecule has 4 fully saturated rings. The number of carbonyl (C=O) groups is 1. The van der Waals surface area contributed by atoms with Crippen molar-refractivity contribution in [1.82, 2.24) is 5.32 Å². The lowest BCUT2D eigenvalue weighted by Crippen LogP contribution is -2.66. The number of aryl methyl sites for hydroxylation is 1. The third-order valence-electron chi connectivity index (χ3n) is 16.7. The molecule has 7 N–H and O–H groups in total. The molecule has 0 aromatic heterocycles. The zero-order chi connectivity index (χ0) is 37.9. The van der Waals surface area contributed by atoms with Gasteiger partial charge in [-0.2, -0.15) is 0 Å². The first kappa shape index (κ1) is 37.4. The molecule has 13 unspecified atom stereocenters. The van der Waals surface area contributed by atoms with Crippen LogP contribution in [0.1, 0.15) is 111 Å². The fourth-order valence-electron chi connectivity index (χ4n) is 13.2. The second-order valence-electron chi connectivity index (χ2n) is 19.9. The largest absolute Gasteiger partial charge is 0.393 e. The molecule has 1 saturated heterocycles. The molecular weight excluding hydrogens is 665 g/mol. The molecule has 8 rings (SSSR count). The van der Waals surface area contributed by atoms with E-state index in [1.807, 2.05) is 26.0 Å². The number of carbonyl (C=O) groups excluding carboxylic acids is 1. The molecule has 290 valence electrons. The number of hydrogen-bond donors (Lipinski definition) is 6. The minimum atomic E-state index is -1.32. The predicted molar refractivity (Wildman–Crippen MR) is 205 cm³/mol. The summed E-state index contributed by atoms with van der Waals surface area (Å²) in [6.45, 7) is 13.1. The molecule has 2 heterocycles. The van der Waals surface area contributed by atoms with Crippen LogP contribution in [-0.2, 0) is 16.0 Å². The summed E-state index contributed by atoms with van der Waals surface area (Å²) in [4.78, 5) is 14.6. The summed E-state index contributed by atoms with van der Waals surface area (Å²) in [5, 5.41) is 52.6. The maximum absolute atomic E-state index is 14.6. The van der Waals surface area contributed by atoms with E-state index in [2.05, 4.69) is 63.4 Å². The van der Waals surface area contributed by atoms with E-state index in [1.165, 1.54) is 5.56 Å². The highest BCUT2D eigenvalue weighted by atomic mass is 16.6. The third-order valence-corrected chi connectivity index (χ3v) is 16.7. The first-order valence-corrected chi connectivity index (χ1v) is 20.6. The SMILES string of the molecule is CC(O)(C1OC1C(C)(O)C(C)(C)CCC1=CCNC(N)=C1)C1CC2CCC3=C4C(C(CCc5ccccc5)CC1(C)C42O)C1(C)CCC(O)CC1C3=O. The van der Waals surface area contributed by atoms with Gasteiger partial charge >= 0.3 is 0 Å². The number of aliphatic hydroxyl groups is 4. The summed E-state index contributed by atoms with van der Waals surface area (Å²) >= 11 is 0. The number of ether oxygens (including phenoxy) is 1. The van der Waals surface area contributed by atoms with Gasteiger partial charge in [0.15, 0.2) is 5.78 Å². The van der Waals surface area contributed by atoms with Crippen LogP contribution in [0.2, 0.25) is 0 Å². The van der Waals surface area contributed by atoms with Gasteiger partial charge < -0.3 is 36.2 Å². The average Bonchev–Trinajstić information content (AvgIpc) is 3.90. The molecule has 0 bridgehead atoms. The Morgan fingerprint density at radius 3 is 2.47 bits per heavy atom. The quantitative estimate of drug-likeness (QED) is 0.164. The number of benzene rings is 1. The molecule has 3 saturated carbocycles. The van der Waals surface area contributed by atoms with Crippen molar-refractivity contribution in [1.29, 1.82) is 0 Å². The summed E-state index contributed by atoms with van der Waals surface area (Å²) in [6.07, 6.45) is 10.5. The number of nitrogens with two attached hydrogens (primary N) is 1. The molecule has 7 aliphatic rings. The van der Waals surface area contributed by atoms with Crippen molar-refractivity contribution >= 4 is 5.78 Å². The molecule has 0 spiro atoms. The van der Waals surface area contributed by atoms with Gasteiger partial charge in [0, 0.05) is 17.9 Å². The summed E-state index contributed by atoms with van der Waals surface area (Å²) < 4.78 is 6.42. The number of rotatable bonds is 10. The van der Waals surface area contributed by atoms with Crippen molar-refractivity contribution in [3.05, 3.63) is 70.6 Å². The topological polar surface area (TPSA) is 149 Å². The zero-order valence-electron chi connectivity index (χ0n) is 32.8. The Labute approximate surface area is 316 Å². The van der Waals surface area contributed by atoms with Gasteiger partial charge in [0.05, 0.1) is 28.7 Å². The van der Waals surface area contributed by atoms with Crippen molar-refractivity contribution in [2.45, 2.75) is 147 Å². The van der Waals surface area contributed by atoms with Crippen molar-refractivity contribution in [3.8, 4) is 0 Å². The van der Waals surface area contributed by atoms with Crippen molar-refractivity contribution in [2.75, 3.05) is 6.54 Å². The van der Waals surface area contributed by atoms with Crippen molar-refractivity contribution < 1.29 is 30.0 Å². The Morgan fingerprint density at radius 1 is 1.02 bits per heavy atom. The minimum Gasteiger partial charge on any atom is -0.393 e. The zero-order valence-corrected chi connectivity index (χ0v) is 32.8. The molecule has 8 heteroatoms. The second-order valence-corrected chi connectivity index (χ2v) is 19.9. The molecule has 1 aromatic carbocycles. The molecule has 1 aromatic rings. The number of epoxide rings is 1. The van der Waals surface area contributed by atoms with Gasteiger partial charge in [-0.3, -0.25) is 4.79 Å². The minimum absolute atomic E-state index is 0.0488. The first-order valence-electron chi connectivity index (χ1n) is 20.6. The maximum atomic E-state index is 14.6. The fourth-order valence-corrected chi connectivity index (χ4v) is 13.2. The molecule has 0 radical (unpaired) electrons. The third kappa shape index (κ3) is 5.50. The lowest BCUT2D eigenvalue weighted by atomic mass is 9.40. The van der Waals surface area contributed by atoms with Crippen LogP contribution in [-0.4, -0.2) is 67.9 Å². The highest BCUT2D eigenvalue weighted by molar-refractivity contribution is 6.00. The van der Waals surface area contributed by atoms with E-state index in [-0.39, 0.29) is 40.8 Å². The number of ketones is 1. The number of aliphatic hydroxyl groups excluding tert-OH is 1. The van der Waals surface area contributed by atoms with Crippen LogP contribution in [0.25, 0.3) is 0 Å². The lowest BCUT2D eigenvalue weighted by Gasteiger charge is -2.65. The first-order chi connectivity index (χ1) is 24.9. The van der Waals surface area contributed by atoms with Crippen LogP contribution in [0.5, 0.6) is 0 Å². The number of dihydropyridines is 1. The normalized spacial score (nSPS) is 42.7. The number of hydrogen-bond acceptors (Lipinski definition) is 8. The number of Topliss-reactive ketones (excluding diaryl/α,β-unsaturated/α-hetero) is 1. The van der Waals surface area contributed by atoms with Crippen LogP contribution in [0.4, 0.5) is 0 Å². The Kier molecular flexibility index (Phi) is 8.84. The molecular formula is C45H64N2O6. The van der Waals surface area contributed by atoms with Crippen LogP contribution >= 0.6 is 0 Å². The van der Waals surface area contributed by atoms with E-state index in [4.69, 9.17) is 10.5 Å². The van der Waals surface area contributed by atoms with Gasteiger partial charge in [-0.05, 0) is 147 Å². The van der Waals surface area contributed by atoms with Crippen LogP contribution in [0.3, 0.4) is 0 Å². The average molecular weight is 729 g/mol. The molecule has 8 nitrogen and oxygen atoms in total. The standard InChI is InChI=1S/C45H64N2O6/c1-40(2,19-16-27-18-21-47-34(46)22-27)44(6,51)39-38(53-39)43(5,50)33-23-29-14-15-31-36-35(41(3)20-17-30(48)24-32(41)37(31)49)28(25-42(33,4)45(29,36)52)13-12-26-10-8-7-9-11-26/h7-11,18,22,28-30,32-33,35,38-39,47-48,50-52H,12-17,19-21,23-25,46H2,1-6H3. The highest BCUT2D eigenvalue weighted by Gasteiger charge is 2.77. The van der Waals surface area contributed by atoms with E-state index in [0.717, 1.165) is 55.2 Å². The van der Waals surface area contributed by atoms with E-state index >= 15 is 0 Å².